The number of aliphatic imine (C=N–C) groups is 1. The van der Waals surface area contributed by atoms with Crippen molar-refractivity contribution in [2.75, 3.05) is 32.7 Å². The lowest BCUT2D eigenvalue weighted by Gasteiger charge is -2.26. The van der Waals surface area contributed by atoms with Gasteiger partial charge in [0.1, 0.15) is 0 Å². The zero-order valence-electron chi connectivity index (χ0n) is 16.7. The fourth-order valence-corrected chi connectivity index (χ4v) is 3.08. The van der Waals surface area contributed by atoms with E-state index in [4.69, 9.17) is 0 Å². The molecule has 0 saturated carbocycles. The first-order chi connectivity index (χ1) is 14.2. The van der Waals surface area contributed by atoms with Crippen molar-refractivity contribution in [1.29, 1.82) is 0 Å². The second kappa shape index (κ2) is 10.3. The Morgan fingerprint density at radius 1 is 1.17 bits per heavy atom. The van der Waals surface area contributed by atoms with E-state index in [0.717, 1.165) is 31.2 Å². The topological polar surface area (TPSA) is 90.8 Å². The zero-order chi connectivity index (χ0) is 20.5. The van der Waals surface area contributed by atoms with Crippen LogP contribution in [0, 0.1) is 0 Å². The molecule has 2 amide bonds. The maximum absolute atomic E-state index is 12.5. The van der Waals surface area contributed by atoms with Crippen LogP contribution in [-0.2, 0) is 17.9 Å². The molecule has 0 aliphatic carbocycles. The summed E-state index contributed by atoms with van der Waals surface area (Å²) in [4.78, 5) is 30.2. The van der Waals surface area contributed by atoms with E-state index in [1.807, 2.05) is 43.6 Å². The van der Waals surface area contributed by atoms with Gasteiger partial charge in [-0.1, -0.05) is 12.1 Å². The summed E-state index contributed by atoms with van der Waals surface area (Å²) in [5.74, 6) is 0.532. The Kier molecular flexibility index (Phi) is 7.27. The monoisotopic (exact) mass is 396 g/mol. The highest BCUT2D eigenvalue weighted by Crippen LogP contribution is 2.10. The quantitative estimate of drug-likeness (QED) is 0.477. The van der Waals surface area contributed by atoms with Gasteiger partial charge in [0.25, 0.3) is 5.91 Å². The minimum atomic E-state index is -0.116. The maximum atomic E-state index is 12.5. The van der Waals surface area contributed by atoms with Crippen molar-refractivity contribution in [3.8, 4) is 0 Å². The van der Waals surface area contributed by atoms with Crippen LogP contribution in [-0.4, -0.2) is 60.0 Å². The molecule has 0 unspecified atom stereocenters. The maximum Gasteiger partial charge on any atom is 0.254 e. The Hall–Kier alpha value is -3.29. The molecule has 3 N–H and O–H groups in total. The Bertz CT molecular complexity index is 829. The molecule has 0 atom stereocenters. The van der Waals surface area contributed by atoms with Crippen molar-refractivity contribution in [3.05, 3.63) is 59.9 Å². The smallest absolute Gasteiger partial charge is 0.254 e. The first-order valence-electron chi connectivity index (χ1n) is 9.93. The minimum absolute atomic E-state index is 0.115. The number of carbonyl (C=O) groups is 2. The number of rotatable bonds is 7. The molecule has 154 valence electrons. The molecule has 1 aromatic heterocycles. The molecule has 0 spiro atoms. The number of piperazine rings is 1. The molecule has 0 bridgehead atoms. The summed E-state index contributed by atoms with van der Waals surface area (Å²) in [7, 11) is 0. The summed E-state index contributed by atoms with van der Waals surface area (Å²) in [6.07, 6.45) is 4.07. The molecule has 1 fully saturated rings. The molecular weight excluding hydrogens is 368 g/mol. The van der Waals surface area contributed by atoms with Crippen LogP contribution in [0.4, 0.5) is 0 Å². The number of hydrogen-bond donors (Lipinski definition) is 3. The molecule has 0 radical (unpaired) electrons. The average Bonchev–Trinajstić information content (AvgIpc) is 3.25. The Morgan fingerprint density at radius 2 is 1.93 bits per heavy atom. The van der Waals surface area contributed by atoms with E-state index >= 15 is 0 Å². The van der Waals surface area contributed by atoms with Gasteiger partial charge in [0, 0.05) is 50.7 Å². The number of benzene rings is 1. The largest absolute Gasteiger partial charge is 0.357 e. The van der Waals surface area contributed by atoms with Crippen LogP contribution >= 0.6 is 0 Å². The summed E-state index contributed by atoms with van der Waals surface area (Å²) in [5, 5.41) is 9.29. The normalized spacial score (nSPS) is 14.4. The third kappa shape index (κ3) is 6.10. The lowest BCUT2D eigenvalue weighted by atomic mass is 10.1. The Labute approximate surface area is 171 Å². The van der Waals surface area contributed by atoms with Crippen LogP contribution in [0.25, 0.3) is 0 Å². The lowest BCUT2D eigenvalue weighted by molar-refractivity contribution is -0.123. The Balaban J connectivity index is 1.53. The molecule has 2 aromatic rings. The number of nitrogens with zero attached hydrogens (tertiary/aromatic N) is 3. The number of guanidine groups is 1. The van der Waals surface area contributed by atoms with E-state index in [9.17, 15) is 9.59 Å². The van der Waals surface area contributed by atoms with Crippen LogP contribution in [0.15, 0.2) is 53.8 Å². The standard InChI is InChI=1S/C21H28N6O2/c1-2-22-21(24-9-13-26-11-3-4-12-26)25-15-17-5-7-18(8-6-17)20(29)27-14-10-23-19(28)16-27/h3-8,11-12H,2,9-10,13-16H2,1H3,(H,23,28)(H2,22,24,25). The van der Waals surface area contributed by atoms with Crippen molar-refractivity contribution in [3.63, 3.8) is 0 Å². The molecule has 8 nitrogen and oxygen atoms in total. The van der Waals surface area contributed by atoms with Crippen molar-refractivity contribution < 1.29 is 9.59 Å². The average molecular weight is 396 g/mol. The molecule has 1 aliphatic heterocycles. The summed E-state index contributed by atoms with van der Waals surface area (Å²) >= 11 is 0. The third-order valence-corrected chi connectivity index (χ3v) is 4.62. The highest BCUT2D eigenvalue weighted by atomic mass is 16.2. The highest BCUT2D eigenvalue weighted by molar-refractivity contribution is 5.97. The van der Waals surface area contributed by atoms with Gasteiger partial charge in [-0.15, -0.1) is 0 Å². The number of amides is 2. The number of carbonyl (C=O) groups excluding carboxylic acids is 2. The highest BCUT2D eigenvalue weighted by Gasteiger charge is 2.21. The van der Waals surface area contributed by atoms with E-state index in [1.54, 1.807) is 17.0 Å². The molecule has 1 saturated heterocycles. The van der Waals surface area contributed by atoms with Crippen LogP contribution in [0.5, 0.6) is 0 Å². The van der Waals surface area contributed by atoms with Gasteiger partial charge in [0.05, 0.1) is 13.1 Å². The number of hydrogen-bond acceptors (Lipinski definition) is 3. The van der Waals surface area contributed by atoms with E-state index in [1.165, 1.54) is 0 Å². The minimum Gasteiger partial charge on any atom is -0.357 e. The van der Waals surface area contributed by atoms with Gasteiger partial charge >= 0.3 is 0 Å². The third-order valence-electron chi connectivity index (χ3n) is 4.62. The first-order valence-corrected chi connectivity index (χ1v) is 9.93. The number of aromatic nitrogens is 1. The lowest BCUT2D eigenvalue weighted by Crippen LogP contribution is -2.49. The van der Waals surface area contributed by atoms with Crippen molar-refractivity contribution >= 4 is 17.8 Å². The van der Waals surface area contributed by atoms with Crippen LogP contribution in [0.1, 0.15) is 22.8 Å². The first kappa shape index (κ1) is 20.4. The molecule has 3 rings (SSSR count). The second-order valence-electron chi connectivity index (χ2n) is 6.82. The van der Waals surface area contributed by atoms with Gasteiger partial charge in [-0.05, 0) is 36.8 Å². The van der Waals surface area contributed by atoms with Gasteiger partial charge in [0.15, 0.2) is 5.96 Å². The molecule has 29 heavy (non-hydrogen) atoms. The molecule has 8 heteroatoms. The fourth-order valence-electron chi connectivity index (χ4n) is 3.08. The van der Waals surface area contributed by atoms with Gasteiger partial charge < -0.3 is 25.4 Å². The van der Waals surface area contributed by atoms with Crippen LogP contribution < -0.4 is 16.0 Å². The summed E-state index contributed by atoms with van der Waals surface area (Å²) in [6, 6.07) is 11.4. The Morgan fingerprint density at radius 3 is 2.62 bits per heavy atom. The molecule has 1 aliphatic rings. The molecular formula is C21H28N6O2. The summed E-state index contributed by atoms with van der Waals surface area (Å²) in [5.41, 5.74) is 1.60. The van der Waals surface area contributed by atoms with Gasteiger partial charge in [0.2, 0.25) is 5.91 Å². The SMILES string of the molecule is CCNC(=NCc1ccc(C(=O)N2CCNC(=O)C2)cc1)NCCn1cccc1. The predicted octanol–water partition coefficient (Wildman–Crippen LogP) is 0.815. The molecule has 2 heterocycles. The fraction of sp³-hybridized carbons (Fsp3) is 0.381. The van der Waals surface area contributed by atoms with Gasteiger partial charge in [-0.25, -0.2) is 4.99 Å². The van der Waals surface area contributed by atoms with Gasteiger partial charge in [-0.3, -0.25) is 9.59 Å². The van der Waals surface area contributed by atoms with E-state index in [-0.39, 0.29) is 18.4 Å². The van der Waals surface area contributed by atoms with E-state index < -0.39 is 0 Å². The summed E-state index contributed by atoms with van der Waals surface area (Å²) < 4.78 is 2.11. The van der Waals surface area contributed by atoms with Crippen molar-refractivity contribution in [2.24, 2.45) is 4.99 Å². The number of nitrogens with one attached hydrogen (secondary N) is 3. The second-order valence-corrected chi connectivity index (χ2v) is 6.82. The predicted molar refractivity (Wildman–Crippen MR) is 113 cm³/mol. The van der Waals surface area contributed by atoms with E-state index in [0.29, 0.717) is 25.2 Å². The van der Waals surface area contributed by atoms with E-state index in [2.05, 4.69) is 25.5 Å². The van der Waals surface area contributed by atoms with Gasteiger partial charge in [-0.2, -0.15) is 0 Å². The van der Waals surface area contributed by atoms with Crippen molar-refractivity contribution in [1.82, 2.24) is 25.4 Å². The summed E-state index contributed by atoms with van der Waals surface area (Å²) in [6.45, 7) is 6.13. The van der Waals surface area contributed by atoms with Crippen LogP contribution in [0.2, 0.25) is 0 Å². The zero-order valence-corrected chi connectivity index (χ0v) is 16.7. The van der Waals surface area contributed by atoms with Crippen molar-refractivity contribution in [2.45, 2.75) is 20.0 Å². The molecule has 1 aromatic carbocycles. The van der Waals surface area contributed by atoms with Crippen LogP contribution in [0.3, 0.4) is 0 Å².